The van der Waals surface area contributed by atoms with Crippen LogP contribution in [0.5, 0.6) is 5.75 Å². The monoisotopic (exact) mass is 299 g/mol. The van der Waals surface area contributed by atoms with E-state index < -0.39 is 0 Å². The lowest BCUT2D eigenvalue weighted by Gasteiger charge is -2.04. The van der Waals surface area contributed by atoms with E-state index in [1.54, 1.807) is 18.4 Å². The summed E-state index contributed by atoms with van der Waals surface area (Å²) in [5, 5.41) is 0. The highest BCUT2D eigenvalue weighted by Gasteiger charge is 2.04. The molecule has 5 heteroatoms. The molecule has 0 saturated carbocycles. The lowest BCUT2D eigenvalue weighted by molar-refractivity contribution is 0.270. The third-order valence-corrected chi connectivity index (χ3v) is 2.82. The maximum atomic E-state index is 13.0. The number of nitrogens with two attached hydrogens (primary N) is 1. The van der Waals surface area contributed by atoms with Crippen LogP contribution in [-0.4, -0.2) is 0 Å². The van der Waals surface area contributed by atoms with Gasteiger partial charge in [-0.15, -0.1) is 0 Å². The maximum Gasteiger partial charge on any atom is 0.146 e. The largest absolute Gasteiger partial charge is 0.486 e. The Kier molecular flexibility index (Phi) is 3.81. The molecule has 0 radical (unpaired) electrons. The molecule has 2 aromatic rings. The molecule has 0 unspecified atom stereocenters. The van der Waals surface area contributed by atoms with Crippen molar-refractivity contribution in [3.63, 3.8) is 0 Å². The third kappa shape index (κ3) is 3.08. The quantitative estimate of drug-likeness (QED) is 0.943. The van der Waals surface area contributed by atoms with Crippen LogP contribution < -0.4 is 10.5 Å². The van der Waals surface area contributed by atoms with E-state index in [2.05, 4.69) is 15.9 Å². The van der Waals surface area contributed by atoms with Crippen LogP contribution in [0.1, 0.15) is 11.3 Å². The van der Waals surface area contributed by atoms with Crippen molar-refractivity contribution in [2.75, 3.05) is 0 Å². The van der Waals surface area contributed by atoms with Gasteiger partial charge in [0.2, 0.25) is 0 Å². The van der Waals surface area contributed by atoms with Crippen LogP contribution in [0.25, 0.3) is 0 Å². The van der Waals surface area contributed by atoms with Crippen molar-refractivity contribution in [1.29, 1.82) is 0 Å². The molecule has 1 heterocycles. The minimum Gasteiger partial charge on any atom is -0.486 e. The summed E-state index contributed by atoms with van der Waals surface area (Å²) in [4.78, 5) is 0. The van der Waals surface area contributed by atoms with E-state index in [-0.39, 0.29) is 12.4 Å². The average molecular weight is 300 g/mol. The Balaban J connectivity index is 1.99. The number of hydrogen-bond donors (Lipinski definition) is 1. The van der Waals surface area contributed by atoms with Crippen molar-refractivity contribution in [2.45, 2.75) is 13.2 Å². The second kappa shape index (κ2) is 5.33. The lowest BCUT2D eigenvalue weighted by atomic mass is 10.3. The van der Waals surface area contributed by atoms with Crippen molar-refractivity contribution in [1.82, 2.24) is 0 Å². The topological polar surface area (TPSA) is 48.4 Å². The second-order valence-electron chi connectivity index (χ2n) is 3.49. The molecular formula is C12H11BrFNO2. The number of halogens is 2. The van der Waals surface area contributed by atoms with Crippen LogP contribution in [0.15, 0.2) is 39.4 Å². The molecule has 0 saturated heterocycles. The zero-order chi connectivity index (χ0) is 12.3. The lowest BCUT2D eigenvalue weighted by Crippen LogP contribution is -1.95. The van der Waals surface area contributed by atoms with Gasteiger partial charge >= 0.3 is 0 Å². The Bertz CT molecular complexity index is 513. The predicted octanol–water partition coefficient (Wildman–Crippen LogP) is 3.22. The number of rotatable bonds is 4. The van der Waals surface area contributed by atoms with Crippen molar-refractivity contribution in [2.24, 2.45) is 5.73 Å². The molecule has 17 heavy (non-hydrogen) atoms. The van der Waals surface area contributed by atoms with E-state index >= 15 is 0 Å². The van der Waals surface area contributed by atoms with E-state index in [1.807, 2.05) is 6.07 Å². The SMILES string of the molecule is NCc1coc(COc2ccc(F)c(Br)c2)c1. The Morgan fingerprint density at radius 3 is 2.82 bits per heavy atom. The predicted molar refractivity (Wildman–Crippen MR) is 65.0 cm³/mol. The van der Waals surface area contributed by atoms with Gasteiger partial charge in [-0.2, -0.15) is 0 Å². The Labute approximate surface area is 106 Å². The summed E-state index contributed by atoms with van der Waals surface area (Å²) in [6.45, 7) is 0.726. The molecule has 0 spiro atoms. The zero-order valence-electron chi connectivity index (χ0n) is 8.95. The molecule has 0 aliphatic rings. The molecular weight excluding hydrogens is 289 g/mol. The number of hydrogen-bond acceptors (Lipinski definition) is 3. The van der Waals surface area contributed by atoms with Crippen LogP contribution in [0.4, 0.5) is 4.39 Å². The molecule has 1 aromatic carbocycles. The molecule has 0 aliphatic heterocycles. The minimum absolute atomic E-state index is 0.290. The first-order valence-electron chi connectivity index (χ1n) is 5.03. The Morgan fingerprint density at radius 1 is 1.35 bits per heavy atom. The average Bonchev–Trinajstić information content (AvgIpc) is 2.79. The number of ether oxygens (including phenoxy) is 1. The second-order valence-corrected chi connectivity index (χ2v) is 4.34. The maximum absolute atomic E-state index is 13.0. The third-order valence-electron chi connectivity index (χ3n) is 2.22. The summed E-state index contributed by atoms with van der Waals surface area (Å²) in [7, 11) is 0. The van der Waals surface area contributed by atoms with Gasteiger partial charge in [-0.3, -0.25) is 0 Å². The first-order valence-corrected chi connectivity index (χ1v) is 5.82. The molecule has 2 rings (SSSR count). The summed E-state index contributed by atoms with van der Waals surface area (Å²) in [5.41, 5.74) is 6.38. The van der Waals surface area contributed by atoms with Gasteiger partial charge in [0.1, 0.15) is 23.9 Å². The van der Waals surface area contributed by atoms with Crippen LogP contribution in [0.3, 0.4) is 0 Å². The first-order chi connectivity index (χ1) is 8.19. The molecule has 3 nitrogen and oxygen atoms in total. The fourth-order valence-corrected chi connectivity index (χ4v) is 1.69. The highest BCUT2D eigenvalue weighted by Crippen LogP contribution is 2.22. The van der Waals surface area contributed by atoms with E-state index in [4.69, 9.17) is 14.9 Å². The van der Waals surface area contributed by atoms with Gasteiger partial charge in [-0.05, 0) is 40.2 Å². The molecule has 2 N–H and O–H groups in total. The summed E-state index contributed by atoms with van der Waals surface area (Å²) in [6.07, 6.45) is 1.60. The van der Waals surface area contributed by atoms with Crippen LogP contribution in [0, 0.1) is 5.82 Å². The van der Waals surface area contributed by atoms with Gasteiger partial charge in [-0.25, -0.2) is 4.39 Å². The van der Waals surface area contributed by atoms with Crippen LogP contribution in [0.2, 0.25) is 0 Å². The van der Waals surface area contributed by atoms with E-state index in [1.165, 1.54) is 6.07 Å². The molecule has 0 fully saturated rings. The fourth-order valence-electron chi connectivity index (χ4n) is 1.33. The highest BCUT2D eigenvalue weighted by atomic mass is 79.9. The van der Waals surface area contributed by atoms with E-state index in [0.29, 0.717) is 22.5 Å². The smallest absolute Gasteiger partial charge is 0.146 e. The standard InChI is InChI=1S/C12H11BrFNO2/c13-11-4-9(1-2-12(11)14)17-7-10-3-8(5-15)6-16-10/h1-4,6H,5,7,15H2. The zero-order valence-corrected chi connectivity index (χ0v) is 10.5. The van der Waals surface area contributed by atoms with Gasteiger partial charge in [-0.1, -0.05) is 0 Å². The summed E-state index contributed by atoms with van der Waals surface area (Å²) in [6, 6.07) is 6.31. The van der Waals surface area contributed by atoms with Gasteiger partial charge in [0.25, 0.3) is 0 Å². The highest BCUT2D eigenvalue weighted by molar-refractivity contribution is 9.10. The van der Waals surface area contributed by atoms with E-state index in [0.717, 1.165) is 5.56 Å². The molecule has 0 atom stereocenters. The summed E-state index contributed by atoms with van der Waals surface area (Å²) >= 11 is 3.09. The summed E-state index contributed by atoms with van der Waals surface area (Å²) < 4.78 is 24.0. The fraction of sp³-hybridized carbons (Fsp3) is 0.167. The van der Waals surface area contributed by atoms with Crippen molar-refractivity contribution in [3.05, 3.63) is 52.1 Å². The van der Waals surface area contributed by atoms with Crippen LogP contribution in [-0.2, 0) is 13.2 Å². The minimum atomic E-state index is -0.319. The Morgan fingerprint density at radius 2 is 2.18 bits per heavy atom. The summed E-state index contributed by atoms with van der Waals surface area (Å²) in [5.74, 6) is 0.940. The Hall–Kier alpha value is -1.33. The number of benzene rings is 1. The van der Waals surface area contributed by atoms with Gasteiger partial charge in [0.15, 0.2) is 0 Å². The van der Waals surface area contributed by atoms with Crippen molar-refractivity contribution in [3.8, 4) is 5.75 Å². The van der Waals surface area contributed by atoms with Crippen molar-refractivity contribution >= 4 is 15.9 Å². The van der Waals surface area contributed by atoms with Gasteiger partial charge in [0.05, 0.1) is 10.7 Å². The molecule has 1 aromatic heterocycles. The van der Waals surface area contributed by atoms with Gasteiger partial charge < -0.3 is 14.9 Å². The molecule has 0 bridgehead atoms. The molecule has 0 amide bonds. The first kappa shape index (κ1) is 12.1. The molecule has 0 aliphatic carbocycles. The van der Waals surface area contributed by atoms with Crippen molar-refractivity contribution < 1.29 is 13.5 Å². The van der Waals surface area contributed by atoms with E-state index in [9.17, 15) is 4.39 Å². The van der Waals surface area contributed by atoms with Crippen LogP contribution >= 0.6 is 15.9 Å². The molecule has 90 valence electrons. The normalized spacial score (nSPS) is 10.5. The number of furan rings is 1. The van der Waals surface area contributed by atoms with Gasteiger partial charge in [0, 0.05) is 12.1 Å².